The van der Waals surface area contributed by atoms with Gasteiger partial charge in [-0.2, -0.15) is 5.10 Å². The Hall–Kier alpha value is -2.23. The summed E-state index contributed by atoms with van der Waals surface area (Å²) in [5.41, 5.74) is 3.13. The van der Waals surface area contributed by atoms with Crippen LogP contribution in [0.2, 0.25) is 0 Å². The molecule has 0 aliphatic heterocycles. The molecule has 1 aromatic carbocycles. The number of nitrogens with zero attached hydrogens (tertiary/aromatic N) is 4. The highest BCUT2D eigenvalue weighted by atomic mass is 15.3. The molecule has 3 aromatic rings. The zero-order valence-corrected chi connectivity index (χ0v) is 12.8. The van der Waals surface area contributed by atoms with E-state index in [4.69, 9.17) is 0 Å². The first-order chi connectivity index (χ1) is 10.8. The van der Waals surface area contributed by atoms with E-state index in [9.17, 15) is 0 Å². The van der Waals surface area contributed by atoms with Crippen molar-refractivity contribution in [2.75, 3.05) is 0 Å². The lowest BCUT2D eigenvalue weighted by Gasteiger charge is -2.26. The second kappa shape index (κ2) is 5.52. The highest BCUT2D eigenvalue weighted by Crippen LogP contribution is 2.37. The van der Waals surface area contributed by atoms with E-state index >= 15 is 0 Å². The molecule has 0 spiro atoms. The minimum absolute atomic E-state index is 0.544. The fourth-order valence-electron chi connectivity index (χ4n) is 3.63. The first kappa shape index (κ1) is 13.4. The van der Waals surface area contributed by atoms with Crippen molar-refractivity contribution in [3.63, 3.8) is 0 Å². The number of benzene rings is 1. The Morgan fingerprint density at radius 3 is 2.77 bits per heavy atom. The summed E-state index contributed by atoms with van der Waals surface area (Å²) in [5.74, 6) is 1.33. The molecule has 1 aliphatic rings. The fraction of sp³-hybridized carbons (Fsp3) is 0.389. The van der Waals surface area contributed by atoms with Crippen molar-refractivity contribution in [2.24, 2.45) is 5.92 Å². The van der Waals surface area contributed by atoms with Crippen LogP contribution >= 0.6 is 0 Å². The van der Waals surface area contributed by atoms with Crippen LogP contribution in [0.4, 0.5) is 0 Å². The predicted octanol–water partition coefficient (Wildman–Crippen LogP) is 4.11. The summed E-state index contributed by atoms with van der Waals surface area (Å²) in [7, 11) is 0. The first-order valence-corrected chi connectivity index (χ1v) is 8.07. The van der Waals surface area contributed by atoms with Gasteiger partial charge in [0, 0.05) is 5.92 Å². The minimum Gasteiger partial charge on any atom is -0.240 e. The van der Waals surface area contributed by atoms with Gasteiger partial charge in [0.2, 0.25) is 0 Å². The highest BCUT2D eigenvalue weighted by molar-refractivity contribution is 5.79. The van der Waals surface area contributed by atoms with Crippen LogP contribution in [-0.2, 0) is 0 Å². The molecule has 1 fully saturated rings. The number of rotatable bonds is 2. The van der Waals surface area contributed by atoms with Gasteiger partial charge in [-0.3, -0.25) is 0 Å². The van der Waals surface area contributed by atoms with Gasteiger partial charge in [0.15, 0.2) is 5.65 Å². The summed E-state index contributed by atoms with van der Waals surface area (Å²) >= 11 is 0. The van der Waals surface area contributed by atoms with Crippen molar-refractivity contribution in [3.05, 3.63) is 48.5 Å². The standard InChI is InChI=1S/C18H20N4/c1-13-6-5-7-14(10-13)17-16-11-21-22(18(16)20-12-19-17)15-8-3-2-4-9-15/h2-4,8-9,11-14H,5-7,10H2,1H3. The molecule has 0 radical (unpaired) electrons. The van der Waals surface area contributed by atoms with Crippen molar-refractivity contribution in [1.29, 1.82) is 0 Å². The van der Waals surface area contributed by atoms with Crippen molar-refractivity contribution >= 4 is 11.0 Å². The molecule has 112 valence electrons. The molecule has 0 N–H and O–H groups in total. The van der Waals surface area contributed by atoms with E-state index in [-0.39, 0.29) is 0 Å². The topological polar surface area (TPSA) is 43.6 Å². The second-order valence-electron chi connectivity index (χ2n) is 6.36. The van der Waals surface area contributed by atoms with Crippen LogP contribution in [0, 0.1) is 5.92 Å². The van der Waals surface area contributed by atoms with Crippen molar-refractivity contribution in [3.8, 4) is 5.69 Å². The van der Waals surface area contributed by atoms with Crippen LogP contribution < -0.4 is 0 Å². The normalized spacial score (nSPS) is 22.0. The summed E-state index contributed by atoms with van der Waals surface area (Å²) in [6, 6.07) is 10.2. The third-order valence-electron chi connectivity index (χ3n) is 4.72. The molecular formula is C18H20N4. The number of hydrogen-bond acceptors (Lipinski definition) is 3. The van der Waals surface area contributed by atoms with Gasteiger partial charge in [0.25, 0.3) is 0 Å². The lowest BCUT2D eigenvalue weighted by molar-refractivity contribution is 0.341. The molecule has 0 bridgehead atoms. The first-order valence-electron chi connectivity index (χ1n) is 8.07. The molecule has 2 heterocycles. The maximum atomic E-state index is 4.61. The van der Waals surface area contributed by atoms with Gasteiger partial charge in [-0.05, 0) is 30.9 Å². The van der Waals surface area contributed by atoms with E-state index in [1.165, 1.54) is 31.4 Å². The average Bonchev–Trinajstić information content (AvgIpc) is 2.99. The molecule has 4 nitrogen and oxygen atoms in total. The van der Waals surface area contributed by atoms with E-state index in [1.54, 1.807) is 6.33 Å². The molecule has 1 saturated carbocycles. The Morgan fingerprint density at radius 2 is 1.95 bits per heavy atom. The molecule has 22 heavy (non-hydrogen) atoms. The van der Waals surface area contributed by atoms with Crippen LogP contribution in [0.1, 0.15) is 44.2 Å². The van der Waals surface area contributed by atoms with E-state index in [2.05, 4.69) is 34.1 Å². The van der Waals surface area contributed by atoms with Gasteiger partial charge in [-0.15, -0.1) is 0 Å². The Labute approximate surface area is 130 Å². The van der Waals surface area contributed by atoms with Gasteiger partial charge in [0.05, 0.1) is 23.0 Å². The molecule has 4 heteroatoms. The third-order valence-corrected chi connectivity index (χ3v) is 4.72. The zero-order valence-electron chi connectivity index (χ0n) is 12.8. The molecule has 2 unspecified atom stereocenters. The third kappa shape index (κ3) is 2.28. The van der Waals surface area contributed by atoms with Crippen LogP contribution in [0.25, 0.3) is 16.7 Å². The summed E-state index contributed by atoms with van der Waals surface area (Å²) < 4.78 is 1.91. The van der Waals surface area contributed by atoms with Crippen LogP contribution in [0.5, 0.6) is 0 Å². The molecule has 2 atom stereocenters. The number of para-hydroxylation sites is 1. The molecule has 1 aliphatic carbocycles. The largest absolute Gasteiger partial charge is 0.240 e. The summed E-state index contributed by atoms with van der Waals surface area (Å²) in [4.78, 5) is 9.09. The lowest BCUT2D eigenvalue weighted by Crippen LogP contribution is -2.13. The molecule has 2 aromatic heterocycles. The van der Waals surface area contributed by atoms with Crippen molar-refractivity contribution in [2.45, 2.75) is 38.5 Å². The molecule has 4 rings (SSSR count). The van der Waals surface area contributed by atoms with E-state index < -0.39 is 0 Å². The highest BCUT2D eigenvalue weighted by Gasteiger charge is 2.24. The molecule has 0 amide bonds. The SMILES string of the molecule is CC1CCCC(c2ncnc3c2cnn3-c2ccccc2)C1. The van der Waals surface area contributed by atoms with E-state index in [0.29, 0.717) is 5.92 Å². The number of fused-ring (bicyclic) bond motifs is 1. The minimum atomic E-state index is 0.544. The smallest absolute Gasteiger partial charge is 0.166 e. The number of aromatic nitrogens is 4. The molecule has 0 saturated heterocycles. The Morgan fingerprint density at radius 1 is 1.09 bits per heavy atom. The quantitative estimate of drug-likeness (QED) is 0.714. The zero-order chi connectivity index (χ0) is 14.9. The Balaban J connectivity index is 1.80. The second-order valence-corrected chi connectivity index (χ2v) is 6.36. The van der Waals surface area contributed by atoms with Crippen LogP contribution in [-0.4, -0.2) is 19.7 Å². The Kier molecular flexibility index (Phi) is 3.37. The van der Waals surface area contributed by atoms with Crippen molar-refractivity contribution in [1.82, 2.24) is 19.7 Å². The van der Waals surface area contributed by atoms with Gasteiger partial charge < -0.3 is 0 Å². The van der Waals surface area contributed by atoms with Crippen LogP contribution in [0.3, 0.4) is 0 Å². The monoisotopic (exact) mass is 292 g/mol. The lowest BCUT2D eigenvalue weighted by atomic mass is 9.80. The van der Waals surface area contributed by atoms with Gasteiger partial charge >= 0.3 is 0 Å². The predicted molar refractivity (Wildman–Crippen MR) is 87.0 cm³/mol. The summed E-state index contributed by atoms with van der Waals surface area (Å²) in [6.07, 6.45) is 8.71. The van der Waals surface area contributed by atoms with E-state index in [1.807, 2.05) is 29.1 Å². The fourth-order valence-corrected chi connectivity index (χ4v) is 3.63. The Bertz CT molecular complexity index is 778. The van der Waals surface area contributed by atoms with Gasteiger partial charge in [0.1, 0.15) is 6.33 Å². The van der Waals surface area contributed by atoms with Gasteiger partial charge in [-0.1, -0.05) is 38.0 Å². The molecular weight excluding hydrogens is 272 g/mol. The van der Waals surface area contributed by atoms with Crippen LogP contribution in [0.15, 0.2) is 42.9 Å². The van der Waals surface area contributed by atoms with E-state index in [0.717, 1.165) is 22.6 Å². The van der Waals surface area contributed by atoms with Crippen molar-refractivity contribution < 1.29 is 0 Å². The maximum absolute atomic E-state index is 4.61. The average molecular weight is 292 g/mol. The summed E-state index contributed by atoms with van der Waals surface area (Å²) in [6.45, 7) is 2.35. The van der Waals surface area contributed by atoms with Gasteiger partial charge in [-0.25, -0.2) is 14.6 Å². The summed E-state index contributed by atoms with van der Waals surface area (Å²) in [5, 5.41) is 5.66. The number of hydrogen-bond donors (Lipinski definition) is 0. The maximum Gasteiger partial charge on any atom is 0.166 e.